The van der Waals surface area contributed by atoms with Crippen molar-refractivity contribution in [2.75, 3.05) is 0 Å². The second-order valence-corrected chi connectivity index (χ2v) is 11.2. The van der Waals surface area contributed by atoms with E-state index in [2.05, 4.69) is 20.7 Å². The van der Waals surface area contributed by atoms with E-state index < -0.39 is 10.0 Å². The molecule has 4 aliphatic carbocycles. The normalized spacial score (nSPS) is 39.4. The van der Waals surface area contributed by atoms with Crippen molar-refractivity contribution < 1.29 is 8.42 Å². The van der Waals surface area contributed by atoms with Crippen LogP contribution in [0.25, 0.3) is 0 Å². The Morgan fingerprint density at radius 1 is 1.10 bits per heavy atom. The van der Waals surface area contributed by atoms with Crippen LogP contribution >= 0.6 is 27.3 Å². The zero-order valence-corrected chi connectivity index (χ0v) is 14.4. The zero-order valence-electron chi connectivity index (χ0n) is 11.1. The highest BCUT2D eigenvalue weighted by Gasteiger charge is 2.52. The average molecular weight is 376 g/mol. The van der Waals surface area contributed by atoms with E-state index in [9.17, 15) is 8.42 Å². The number of halogens is 1. The molecule has 1 aromatic rings. The first-order valence-electron chi connectivity index (χ1n) is 7.23. The van der Waals surface area contributed by atoms with Crippen LogP contribution in [-0.2, 0) is 10.0 Å². The van der Waals surface area contributed by atoms with Crippen LogP contribution in [0.15, 0.2) is 20.1 Å². The summed E-state index contributed by atoms with van der Waals surface area (Å²) in [6, 6.07) is 3.50. The van der Waals surface area contributed by atoms with Gasteiger partial charge < -0.3 is 0 Å². The first-order chi connectivity index (χ1) is 9.44. The summed E-state index contributed by atoms with van der Waals surface area (Å²) >= 11 is 4.63. The largest absolute Gasteiger partial charge is 0.250 e. The maximum absolute atomic E-state index is 12.6. The van der Waals surface area contributed by atoms with E-state index in [1.54, 1.807) is 12.1 Å². The molecule has 0 atom stereocenters. The van der Waals surface area contributed by atoms with E-state index in [1.807, 2.05) is 0 Å². The number of thiophene rings is 1. The third-order valence-corrected chi connectivity index (χ3v) is 8.90. The molecule has 0 unspecified atom stereocenters. The predicted octanol–water partition coefficient (Wildman–Crippen LogP) is 3.76. The van der Waals surface area contributed by atoms with Gasteiger partial charge >= 0.3 is 0 Å². The molecule has 4 bridgehead atoms. The average Bonchev–Trinajstić information content (AvgIpc) is 2.73. The Kier molecular flexibility index (Phi) is 3.12. The highest BCUT2D eigenvalue weighted by atomic mass is 79.9. The lowest BCUT2D eigenvalue weighted by Crippen LogP contribution is -2.59. The van der Waals surface area contributed by atoms with Gasteiger partial charge in [0.25, 0.3) is 10.0 Å². The molecule has 6 heteroatoms. The summed E-state index contributed by atoms with van der Waals surface area (Å²) in [5, 5.41) is 0. The predicted molar refractivity (Wildman–Crippen MR) is 83.2 cm³/mol. The first kappa shape index (κ1) is 13.7. The molecular weight excluding hydrogens is 358 g/mol. The van der Waals surface area contributed by atoms with E-state index >= 15 is 0 Å². The Bertz CT molecular complexity index is 602. The van der Waals surface area contributed by atoms with E-state index in [1.165, 1.54) is 30.6 Å². The van der Waals surface area contributed by atoms with Gasteiger partial charge in [-0.15, -0.1) is 11.3 Å². The van der Waals surface area contributed by atoms with Crippen molar-refractivity contribution in [3.8, 4) is 0 Å². The van der Waals surface area contributed by atoms with Gasteiger partial charge in [-0.2, -0.15) is 0 Å². The molecule has 1 heterocycles. The molecule has 0 spiro atoms. The van der Waals surface area contributed by atoms with Crippen LogP contribution < -0.4 is 4.72 Å². The standard InChI is InChI=1S/C14H18BrNO2S2/c15-12-1-2-13(19-12)20(17,18)16-14-6-9-3-10(7-14)5-11(4-9)8-14/h1-2,9-11,16H,3-8H2. The zero-order chi connectivity index (χ0) is 14.0. The molecule has 0 aliphatic heterocycles. The molecule has 1 N–H and O–H groups in total. The summed E-state index contributed by atoms with van der Waals surface area (Å²) in [6.07, 6.45) is 7.11. The minimum Gasteiger partial charge on any atom is -0.206 e. The molecule has 4 saturated carbocycles. The fraction of sp³-hybridized carbons (Fsp3) is 0.714. The Morgan fingerprint density at radius 3 is 2.10 bits per heavy atom. The van der Waals surface area contributed by atoms with Gasteiger partial charge in [0.05, 0.1) is 3.79 Å². The van der Waals surface area contributed by atoms with Crippen molar-refractivity contribution in [2.45, 2.75) is 48.3 Å². The smallest absolute Gasteiger partial charge is 0.206 e. The van der Waals surface area contributed by atoms with Crippen LogP contribution in [-0.4, -0.2) is 14.0 Å². The summed E-state index contributed by atoms with van der Waals surface area (Å²) in [4.78, 5) is 0. The second-order valence-electron chi connectivity index (χ2n) is 6.86. The number of sulfonamides is 1. The summed E-state index contributed by atoms with van der Waals surface area (Å²) in [6.45, 7) is 0. The van der Waals surface area contributed by atoms with Gasteiger partial charge in [0.2, 0.25) is 0 Å². The van der Waals surface area contributed by atoms with Crippen molar-refractivity contribution in [3.05, 3.63) is 15.9 Å². The Morgan fingerprint density at radius 2 is 1.65 bits per heavy atom. The molecule has 1 aromatic heterocycles. The Balaban J connectivity index is 1.62. The molecule has 0 saturated heterocycles. The summed E-state index contributed by atoms with van der Waals surface area (Å²) in [5.74, 6) is 2.25. The van der Waals surface area contributed by atoms with Gasteiger partial charge in [0.1, 0.15) is 4.21 Å². The Hall–Kier alpha value is 0.0900. The molecule has 20 heavy (non-hydrogen) atoms. The summed E-state index contributed by atoms with van der Waals surface area (Å²) in [7, 11) is -3.36. The van der Waals surface area contributed by atoms with Crippen LogP contribution in [0, 0.1) is 17.8 Å². The van der Waals surface area contributed by atoms with Gasteiger partial charge in [-0.1, -0.05) is 0 Å². The van der Waals surface area contributed by atoms with Crippen LogP contribution in [0.5, 0.6) is 0 Å². The molecule has 4 fully saturated rings. The third kappa shape index (κ3) is 2.28. The highest BCUT2D eigenvalue weighted by molar-refractivity contribution is 9.11. The van der Waals surface area contributed by atoms with Gasteiger partial charge in [-0.25, -0.2) is 13.1 Å². The lowest BCUT2D eigenvalue weighted by atomic mass is 9.53. The lowest BCUT2D eigenvalue weighted by Gasteiger charge is -2.56. The minimum absolute atomic E-state index is 0.149. The van der Waals surface area contributed by atoms with E-state index in [0.717, 1.165) is 40.8 Å². The minimum atomic E-state index is -3.36. The van der Waals surface area contributed by atoms with Gasteiger partial charge in [-0.05, 0) is 84.3 Å². The van der Waals surface area contributed by atoms with E-state index in [-0.39, 0.29) is 5.54 Å². The van der Waals surface area contributed by atoms with Crippen molar-refractivity contribution in [3.63, 3.8) is 0 Å². The highest BCUT2D eigenvalue weighted by Crippen LogP contribution is 2.56. The van der Waals surface area contributed by atoms with Gasteiger partial charge in [-0.3, -0.25) is 0 Å². The quantitative estimate of drug-likeness (QED) is 0.873. The number of hydrogen-bond donors (Lipinski definition) is 1. The van der Waals surface area contributed by atoms with Crippen LogP contribution in [0.3, 0.4) is 0 Å². The maximum Gasteiger partial charge on any atom is 0.250 e. The van der Waals surface area contributed by atoms with Crippen LogP contribution in [0.1, 0.15) is 38.5 Å². The molecule has 4 aliphatic rings. The van der Waals surface area contributed by atoms with Crippen LogP contribution in [0.4, 0.5) is 0 Å². The molecule has 110 valence electrons. The fourth-order valence-corrected chi connectivity index (χ4v) is 8.46. The monoisotopic (exact) mass is 375 g/mol. The van der Waals surface area contributed by atoms with Crippen molar-refractivity contribution in [2.24, 2.45) is 17.8 Å². The lowest BCUT2D eigenvalue weighted by molar-refractivity contribution is -0.00807. The first-order valence-corrected chi connectivity index (χ1v) is 10.3. The molecule has 5 rings (SSSR count). The van der Waals surface area contributed by atoms with E-state index in [0.29, 0.717) is 4.21 Å². The SMILES string of the molecule is O=S(=O)(NC12CC3CC(CC(C3)C1)C2)c1ccc(Br)s1. The van der Waals surface area contributed by atoms with Crippen LogP contribution in [0.2, 0.25) is 0 Å². The second kappa shape index (κ2) is 4.54. The topological polar surface area (TPSA) is 46.2 Å². The van der Waals surface area contributed by atoms with Crippen molar-refractivity contribution >= 4 is 37.3 Å². The molecule has 0 amide bonds. The van der Waals surface area contributed by atoms with E-state index in [4.69, 9.17) is 0 Å². The van der Waals surface area contributed by atoms with Crippen molar-refractivity contribution in [1.82, 2.24) is 4.72 Å². The van der Waals surface area contributed by atoms with Gasteiger partial charge in [0, 0.05) is 5.54 Å². The number of rotatable bonds is 3. The number of hydrogen-bond acceptors (Lipinski definition) is 3. The fourth-order valence-electron chi connectivity index (χ4n) is 5.01. The summed E-state index contributed by atoms with van der Waals surface area (Å²) in [5.41, 5.74) is -0.149. The molecular formula is C14H18BrNO2S2. The Labute approximate surface area is 132 Å². The molecule has 3 nitrogen and oxygen atoms in total. The molecule has 0 aromatic carbocycles. The van der Waals surface area contributed by atoms with Gasteiger partial charge in [0.15, 0.2) is 0 Å². The number of nitrogens with one attached hydrogen (secondary N) is 1. The van der Waals surface area contributed by atoms with Crippen molar-refractivity contribution in [1.29, 1.82) is 0 Å². The summed E-state index contributed by atoms with van der Waals surface area (Å²) < 4.78 is 29.6. The third-order valence-electron chi connectivity index (χ3n) is 5.20. The molecule has 0 radical (unpaired) electrons. The maximum atomic E-state index is 12.6.